The predicted octanol–water partition coefficient (Wildman–Crippen LogP) is 0.490. The van der Waals surface area contributed by atoms with Gasteiger partial charge in [0.2, 0.25) is 0 Å². The van der Waals surface area contributed by atoms with Crippen LogP contribution in [-0.4, -0.2) is 19.9 Å². The molecule has 14 heavy (non-hydrogen) atoms. The van der Waals surface area contributed by atoms with Crippen LogP contribution in [0.5, 0.6) is 0 Å². The van der Waals surface area contributed by atoms with Crippen molar-refractivity contribution in [2.75, 3.05) is 0 Å². The molecule has 0 aromatic carbocycles. The van der Waals surface area contributed by atoms with Crippen LogP contribution in [0.1, 0.15) is 18.8 Å². The van der Waals surface area contributed by atoms with E-state index in [2.05, 4.69) is 15.2 Å². The summed E-state index contributed by atoms with van der Waals surface area (Å²) >= 11 is 0. The van der Waals surface area contributed by atoms with Crippen molar-refractivity contribution in [3.63, 3.8) is 0 Å². The van der Waals surface area contributed by atoms with Crippen LogP contribution in [0.4, 0.5) is 0 Å². The molecule has 2 N–H and O–H groups in total. The quantitative estimate of drug-likeness (QED) is 0.750. The lowest BCUT2D eigenvalue weighted by molar-refractivity contribution is 0.416. The fourth-order valence-corrected chi connectivity index (χ4v) is 1.05. The topological polar surface area (TPSA) is 82.8 Å². The Morgan fingerprint density at radius 2 is 2.36 bits per heavy atom. The summed E-state index contributed by atoms with van der Waals surface area (Å²) in [6.45, 7) is 1.80. The Kier molecular flexibility index (Phi) is 2.05. The zero-order chi connectivity index (χ0) is 10.1. The monoisotopic (exact) mass is 193 g/mol. The largest absolute Gasteiger partial charge is 0.332 e. The third-order valence-corrected chi connectivity index (χ3v) is 1.78. The summed E-state index contributed by atoms with van der Waals surface area (Å²) in [5.74, 6) is 0.892. The van der Waals surface area contributed by atoms with Crippen molar-refractivity contribution in [1.29, 1.82) is 0 Å². The molecule has 0 saturated carbocycles. The maximum atomic E-state index is 5.60. The van der Waals surface area contributed by atoms with Gasteiger partial charge in [-0.2, -0.15) is 10.1 Å². The van der Waals surface area contributed by atoms with Gasteiger partial charge < -0.3 is 10.3 Å². The molecule has 2 heterocycles. The average Bonchev–Trinajstić information content (AvgIpc) is 2.70. The summed E-state index contributed by atoms with van der Waals surface area (Å²) < 4.78 is 6.68. The number of rotatable bonds is 2. The van der Waals surface area contributed by atoms with Crippen LogP contribution >= 0.6 is 0 Å². The molecule has 6 nitrogen and oxygen atoms in total. The Balaban J connectivity index is 2.33. The van der Waals surface area contributed by atoms with Gasteiger partial charge in [0.15, 0.2) is 11.5 Å². The lowest BCUT2D eigenvalue weighted by Gasteiger charge is -1.92. The van der Waals surface area contributed by atoms with Crippen LogP contribution in [0.15, 0.2) is 16.8 Å². The van der Waals surface area contributed by atoms with Gasteiger partial charge in [-0.15, -0.1) is 0 Å². The van der Waals surface area contributed by atoms with Crippen LogP contribution in [-0.2, 0) is 7.05 Å². The van der Waals surface area contributed by atoms with Crippen LogP contribution in [0.25, 0.3) is 11.6 Å². The van der Waals surface area contributed by atoms with Crippen molar-refractivity contribution in [3.05, 3.63) is 18.1 Å². The van der Waals surface area contributed by atoms with Gasteiger partial charge in [0.1, 0.15) is 0 Å². The molecule has 1 atom stereocenters. The molecule has 0 aliphatic heterocycles. The van der Waals surface area contributed by atoms with E-state index in [-0.39, 0.29) is 6.04 Å². The van der Waals surface area contributed by atoms with Gasteiger partial charge in [-0.25, -0.2) is 0 Å². The first-order valence-electron chi connectivity index (χ1n) is 4.26. The third-order valence-electron chi connectivity index (χ3n) is 1.78. The van der Waals surface area contributed by atoms with Crippen molar-refractivity contribution < 1.29 is 4.52 Å². The van der Waals surface area contributed by atoms with Crippen molar-refractivity contribution >= 4 is 0 Å². The number of aryl methyl sites for hydroxylation is 1. The molecule has 1 unspecified atom stereocenters. The molecule has 2 aromatic rings. The van der Waals surface area contributed by atoms with E-state index in [1.807, 2.05) is 13.2 Å². The van der Waals surface area contributed by atoms with Gasteiger partial charge >= 0.3 is 0 Å². The summed E-state index contributed by atoms with van der Waals surface area (Å²) in [7, 11) is 1.83. The van der Waals surface area contributed by atoms with Gasteiger partial charge in [0.25, 0.3) is 5.89 Å². The number of hydrogen-bond acceptors (Lipinski definition) is 5. The first-order valence-corrected chi connectivity index (χ1v) is 4.26. The summed E-state index contributed by atoms with van der Waals surface area (Å²) in [5.41, 5.74) is 6.26. The van der Waals surface area contributed by atoms with Gasteiger partial charge in [-0.05, 0) is 13.0 Å². The first kappa shape index (κ1) is 8.89. The van der Waals surface area contributed by atoms with Gasteiger partial charge in [0.05, 0.1) is 6.04 Å². The molecule has 0 amide bonds. The highest BCUT2D eigenvalue weighted by Crippen LogP contribution is 2.15. The molecular weight excluding hydrogens is 182 g/mol. The van der Waals surface area contributed by atoms with E-state index in [9.17, 15) is 0 Å². The Labute approximate surface area is 80.7 Å². The lowest BCUT2D eigenvalue weighted by Crippen LogP contribution is -2.06. The molecule has 0 radical (unpaired) electrons. The molecule has 0 saturated heterocycles. The maximum Gasteiger partial charge on any atom is 0.278 e. The molecule has 0 fully saturated rings. The van der Waals surface area contributed by atoms with Crippen molar-refractivity contribution in [2.45, 2.75) is 13.0 Å². The van der Waals surface area contributed by atoms with E-state index in [4.69, 9.17) is 10.3 Å². The van der Waals surface area contributed by atoms with E-state index >= 15 is 0 Å². The van der Waals surface area contributed by atoms with Crippen LogP contribution in [0.3, 0.4) is 0 Å². The summed E-state index contributed by atoms with van der Waals surface area (Å²) in [6.07, 6.45) is 1.81. The Morgan fingerprint density at radius 3 is 2.86 bits per heavy atom. The van der Waals surface area contributed by atoms with Crippen LogP contribution in [0.2, 0.25) is 0 Å². The second-order valence-corrected chi connectivity index (χ2v) is 3.12. The standard InChI is InChI=1S/C8H11N5O/c1-5(9)7-10-8(14-12-7)6-3-4-13(2)11-6/h3-5H,9H2,1-2H3. The molecule has 74 valence electrons. The van der Waals surface area contributed by atoms with Crippen molar-refractivity contribution in [2.24, 2.45) is 12.8 Å². The zero-order valence-electron chi connectivity index (χ0n) is 8.01. The number of aromatic nitrogens is 4. The highest BCUT2D eigenvalue weighted by molar-refractivity contribution is 5.44. The van der Waals surface area contributed by atoms with Gasteiger partial charge in [-0.3, -0.25) is 4.68 Å². The van der Waals surface area contributed by atoms with E-state index in [0.717, 1.165) is 0 Å². The van der Waals surface area contributed by atoms with E-state index in [1.54, 1.807) is 17.7 Å². The first-order chi connectivity index (χ1) is 6.66. The number of nitrogens with zero attached hydrogens (tertiary/aromatic N) is 4. The summed E-state index contributed by atoms with van der Waals surface area (Å²) in [6, 6.07) is 1.58. The minimum absolute atomic E-state index is 0.226. The molecule has 0 bridgehead atoms. The lowest BCUT2D eigenvalue weighted by atomic mass is 10.3. The van der Waals surface area contributed by atoms with E-state index in [0.29, 0.717) is 17.4 Å². The number of hydrogen-bond donors (Lipinski definition) is 1. The normalized spacial score (nSPS) is 13.1. The second-order valence-electron chi connectivity index (χ2n) is 3.12. The minimum atomic E-state index is -0.226. The average molecular weight is 193 g/mol. The molecule has 2 rings (SSSR count). The molecule has 0 aliphatic carbocycles. The molecule has 0 spiro atoms. The summed E-state index contributed by atoms with van der Waals surface area (Å²) in [5, 5.41) is 7.87. The number of nitrogens with two attached hydrogens (primary N) is 1. The van der Waals surface area contributed by atoms with Gasteiger partial charge in [0, 0.05) is 13.2 Å². The predicted molar refractivity (Wildman–Crippen MR) is 49.1 cm³/mol. The molecule has 0 aliphatic rings. The fraction of sp³-hybridized carbons (Fsp3) is 0.375. The van der Waals surface area contributed by atoms with Gasteiger partial charge in [-0.1, -0.05) is 5.16 Å². The van der Waals surface area contributed by atoms with E-state index < -0.39 is 0 Å². The maximum absolute atomic E-state index is 5.60. The Hall–Kier alpha value is -1.69. The Bertz CT molecular complexity index is 430. The van der Waals surface area contributed by atoms with Crippen LogP contribution < -0.4 is 5.73 Å². The fourth-order valence-electron chi connectivity index (χ4n) is 1.05. The Morgan fingerprint density at radius 1 is 1.57 bits per heavy atom. The second kappa shape index (κ2) is 3.22. The zero-order valence-corrected chi connectivity index (χ0v) is 8.01. The molecule has 2 aromatic heterocycles. The third kappa shape index (κ3) is 1.51. The molecule has 6 heteroatoms. The van der Waals surface area contributed by atoms with Crippen LogP contribution in [0, 0.1) is 0 Å². The highest BCUT2D eigenvalue weighted by Gasteiger charge is 2.13. The van der Waals surface area contributed by atoms with Crippen molar-refractivity contribution in [1.82, 2.24) is 19.9 Å². The van der Waals surface area contributed by atoms with Crippen molar-refractivity contribution in [3.8, 4) is 11.6 Å². The van der Waals surface area contributed by atoms with E-state index in [1.165, 1.54) is 0 Å². The molecular formula is C8H11N5O. The smallest absolute Gasteiger partial charge is 0.278 e. The minimum Gasteiger partial charge on any atom is -0.332 e. The summed E-state index contributed by atoms with van der Waals surface area (Å²) in [4.78, 5) is 4.11. The highest BCUT2D eigenvalue weighted by atomic mass is 16.5. The SMILES string of the molecule is CC(N)c1noc(-c2ccn(C)n2)n1.